The van der Waals surface area contributed by atoms with E-state index in [0.29, 0.717) is 19.1 Å². The summed E-state index contributed by atoms with van der Waals surface area (Å²) in [6.45, 7) is 7.48. The number of carbonyl (C=O) groups is 3. The topological polar surface area (TPSA) is 91.0 Å². The first-order valence-electron chi connectivity index (χ1n) is 8.71. The first-order valence-corrected chi connectivity index (χ1v) is 8.71. The standard InChI is InChI=1S/C16H26N4O4/c1-10-8-20(9-11(2)24-10)12-3-5-19(6-4-12)14(21)7-13-15(22)18-16(23)17-13/h10-13H,3-9H2,1-2H3,(H2,17,18,22,23)/t10-,11-,13+/m1/s1. The molecule has 0 saturated carbocycles. The Hall–Kier alpha value is -1.67. The first-order chi connectivity index (χ1) is 11.4. The van der Waals surface area contributed by atoms with Gasteiger partial charge in [0.05, 0.1) is 18.6 Å². The van der Waals surface area contributed by atoms with Gasteiger partial charge in [0.25, 0.3) is 5.91 Å². The number of piperidine rings is 1. The largest absolute Gasteiger partial charge is 0.373 e. The van der Waals surface area contributed by atoms with Crippen molar-refractivity contribution in [2.24, 2.45) is 0 Å². The molecule has 2 N–H and O–H groups in total. The summed E-state index contributed by atoms with van der Waals surface area (Å²) in [5.41, 5.74) is 0. The predicted octanol–water partition coefficient (Wildman–Crippen LogP) is -0.315. The van der Waals surface area contributed by atoms with E-state index in [2.05, 4.69) is 29.4 Å². The third kappa shape index (κ3) is 3.87. The van der Waals surface area contributed by atoms with Gasteiger partial charge in [0.1, 0.15) is 6.04 Å². The number of morpholine rings is 1. The summed E-state index contributed by atoms with van der Waals surface area (Å²) >= 11 is 0. The second-order valence-electron chi connectivity index (χ2n) is 7.04. The molecule has 0 spiro atoms. The zero-order valence-electron chi connectivity index (χ0n) is 14.3. The van der Waals surface area contributed by atoms with Gasteiger partial charge < -0.3 is 15.0 Å². The Morgan fingerprint density at radius 3 is 2.33 bits per heavy atom. The van der Waals surface area contributed by atoms with Crippen LogP contribution >= 0.6 is 0 Å². The van der Waals surface area contributed by atoms with Crippen LogP contribution in [0.5, 0.6) is 0 Å². The van der Waals surface area contributed by atoms with Crippen LogP contribution in [0.3, 0.4) is 0 Å². The fourth-order valence-electron chi connectivity index (χ4n) is 3.90. The Labute approximate surface area is 141 Å². The molecule has 3 saturated heterocycles. The maximum absolute atomic E-state index is 12.4. The maximum Gasteiger partial charge on any atom is 0.322 e. The number of likely N-dealkylation sites (tertiary alicyclic amines) is 1. The van der Waals surface area contributed by atoms with Gasteiger partial charge in [-0.25, -0.2) is 4.79 Å². The van der Waals surface area contributed by atoms with Crippen LogP contribution in [0.4, 0.5) is 4.79 Å². The lowest BCUT2D eigenvalue weighted by Crippen LogP contribution is -2.54. The van der Waals surface area contributed by atoms with Crippen molar-refractivity contribution >= 4 is 17.8 Å². The third-order valence-corrected chi connectivity index (χ3v) is 5.02. The minimum Gasteiger partial charge on any atom is -0.373 e. The van der Waals surface area contributed by atoms with Crippen LogP contribution in [0.25, 0.3) is 0 Å². The quantitative estimate of drug-likeness (QED) is 0.689. The predicted molar refractivity (Wildman–Crippen MR) is 86.3 cm³/mol. The number of ether oxygens (including phenoxy) is 1. The smallest absolute Gasteiger partial charge is 0.322 e. The average Bonchev–Trinajstić information content (AvgIpc) is 2.84. The molecule has 0 bridgehead atoms. The Kier molecular flexibility index (Phi) is 5.05. The van der Waals surface area contributed by atoms with Crippen LogP contribution in [0.2, 0.25) is 0 Å². The summed E-state index contributed by atoms with van der Waals surface area (Å²) in [4.78, 5) is 39.3. The van der Waals surface area contributed by atoms with Crippen LogP contribution in [-0.4, -0.2) is 78.1 Å². The number of hydrogen-bond donors (Lipinski definition) is 2. The van der Waals surface area contributed by atoms with Gasteiger partial charge in [-0.05, 0) is 26.7 Å². The van der Waals surface area contributed by atoms with Crippen molar-refractivity contribution < 1.29 is 19.1 Å². The van der Waals surface area contributed by atoms with E-state index < -0.39 is 18.0 Å². The molecule has 0 aromatic heterocycles. The van der Waals surface area contributed by atoms with E-state index in [-0.39, 0.29) is 24.5 Å². The van der Waals surface area contributed by atoms with Crippen molar-refractivity contribution in [3.05, 3.63) is 0 Å². The van der Waals surface area contributed by atoms with Crippen LogP contribution in [0.1, 0.15) is 33.1 Å². The SMILES string of the molecule is C[C@@H]1CN(C2CCN(C(=O)C[C@@H]3NC(=O)NC3=O)CC2)C[C@@H](C)O1. The first kappa shape index (κ1) is 17.2. The Balaban J connectivity index is 1.47. The van der Waals surface area contributed by atoms with Gasteiger partial charge in [0, 0.05) is 32.2 Å². The molecule has 24 heavy (non-hydrogen) atoms. The molecule has 3 aliphatic heterocycles. The molecule has 134 valence electrons. The van der Waals surface area contributed by atoms with E-state index >= 15 is 0 Å². The fourth-order valence-corrected chi connectivity index (χ4v) is 3.90. The molecule has 3 aliphatic rings. The zero-order chi connectivity index (χ0) is 17.3. The van der Waals surface area contributed by atoms with Crippen LogP contribution in [0, 0.1) is 0 Å². The molecule has 3 rings (SSSR count). The number of urea groups is 1. The van der Waals surface area contributed by atoms with Gasteiger partial charge in [0.15, 0.2) is 0 Å². The van der Waals surface area contributed by atoms with Crippen molar-refractivity contribution in [2.45, 2.75) is 57.4 Å². The fraction of sp³-hybridized carbons (Fsp3) is 0.812. The number of nitrogens with zero attached hydrogens (tertiary/aromatic N) is 2. The lowest BCUT2D eigenvalue weighted by Gasteiger charge is -2.43. The summed E-state index contributed by atoms with van der Waals surface area (Å²) in [7, 11) is 0. The second-order valence-corrected chi connectivity index (χ2v) is 7.04. The highest BCUT2D eigenvalue weighted by Crippen LogP contribution is 2.22. The number of carbonyl (C=O) groups excluding carboxylic acids is 3. The zero-order valence-corrected chi connectivity index (χ0v) is 14.3. The van der Waals surface area contributed by atoms with E-state index in [1.54, 1.807) is 0 Å². The van der Waals surface area contributed by atoms with E-state index in [4.69, 9.17) is 4.74 Å². The van der Waals surface area contributed by atoms with E-state index in [1.165, 1.54) is 0 Å². The molecule has 4 amide bonds. The Morgan fingerprint density at radius 2 is 1.79 bits per heavy atom. The monoisotopic (exact) mass is 338 g/mol. The van der Waals surface area contributed by atoms with E-state index in [0.717, 1.165) is 25.9 Å². The van der Waals surface area contributed by atoms with Crippen molar-refractivity contribution in [3.63, 3.8) is 0 Å². The molecule has 3 atom stereocenters. The highest BCUT2D eigenvalue weighted by molar-refractivity contribution is 6.05. The molecule has 3 fully saturated rings. The molecule has 3 heterocycles. The Bertz CT molecular complexity index is 508. The number of imide groups is 1. The summed E-state index contributed by atoms with van der Waals surface area (Å²) in [5.74, 6) is -0.487. The minimum absolute atomic E-state index is 0.0356. The number of amides is 4. The molecule has 8 heteroatoms. The third-order valence-electron chi connectivity index (χ3n) is 5.02. The molecule has 8 nitrogen and oxygen atoms in total. The highest BCUT2D eigenvalue weighted by Gasteiger charge is 2.35. The molecular weight excluding hydrogens is 312 g/mol. The summed E-state index contributed by atoms with van der Waals surface area (Å²) in [6, 6.07) is -0.770. The summed E-state index contributed by atoms with van der Waals surface area (Å²) in [5, 5.41) is 4.63. The lowest BCUT2D eigenvalue weighted by molar-refractivity contribution is -0.136. The Morgan fingerprint density at radius 1 is 1.17 bits per heavy atom. The number of nitrogens with one attached hydrogen (secondary N) is 2. The molecular formula is C16H26N4O4. The number of hydrogen-bond acceptors (Lipinski definition) is 5. The van der Waals surface area contributed by atoms with E-state index in [9.17, 15) is 14.4 Å². The highest BCUT2D eigenvalue weighted by atomic mass is 16.5. The van der Waals surface area contributed by atoms with Crippen molar-refractivity contribution in [3.8, 4) is 0 Å². The molecule has 0 unspecified atom stereocenters. The van der Waals surface area contributed by atoms with Crippen molar-refractivity contribution in [2.75, 3.05) is 26.2 Å². The van der Waals surface area contributed by atoms with Gasteiger partial charge >= 0.3 is 6.03 Å². The normalized spacial score (nSPS) is 32.6. The van der Waals surface area contributed by atoms with Gasteiger partial charge in [-0.15, -0.1) is 0 Å². The second kappa shape index (κ2) is 7.06. The summed E-state index contributed by atoms with van der Waals surface area (Å²) in [6.07, 6.45) is 2.41. The van der Waals surface area contributed by atoms with E-state index in [1.807, 2.05) is 4.90 Å². The average molecular weight is 338 g/mol. The van der Waals surface area contributed by atoms with Crippen LogP contribution in [0.15, 0.2) is 0 Å². The van der Waals surface area contributed by atoms with Crippen LogP contribution < -0.4 is 10.6 Å². The van der Waals surface area contributed by atoms with Gasteiger partial charge in [-0.2, -0.15) is 0 Å². The van der Waals surface area contributed by atoms with Gasteiger partial charge in [-0.3, -0.25) is 19.8 Å². The van der Waals surface area contributed by atoms with Crippen molar-refractivity contribution in [1.82, 2.24) is 20.4 Å². The maximum atomic E-state index is 12.4. The molecule has 0 aromatic carbocycles. The van der Waals surface area contributed by atoms with Crippen LogP contribution in [-0.2, 0) is 14.3 Å². The molecule has 0 aliphatic carbocycles. The van der Waals surface area contributed by atoms with Gasteiger partial charge in [-0.1, -0.05) is 0 Å². The van der Waals surface area contributed by atoms with Crippen molar-refractivity contribution in [1.29, 1.82) is 0 Å². The molecule has 0 aromatic rings. The lowest BCUT2D eigenvalue weighted by atomic mass is 10.0. The van der Waals surface area contributed by atoms with Gasteiger partial charge in [0.2, 0.25) is 5.91 Å². The minimum atomic E-state index is -0.733. The summed E-state index contributed by atoms with van der Waals surface area (Å²) < 4.78 is 5.78. The number of rotatable bonds is 3. The molecule has 0 radical (unpaired) electrons.